The van der Waals surface area contributed by atoms with Crippen LogP contribution in [-0.2, 0) is 4.74 Å². The van der Waals surface area contributed by atoms with Crippen molar-refractivity contribution >= 4 is 11.4 Å². The fraction of sp³-hybridized carbons (Fsp3) is 0.625. The molecule has 0 saturated carbocycles. The highest BCUT2D eigenvalue weighted by Crippen LogP contribution is 2.26. The summed E-state index contributed by atoms with van der Waals surface area (Å²) in [5.74, 6) is 0.751. The minimum absolute atomic E-state index is 0.751. The van der Waals surface area contributed by atoms with Crippen molar-refractivity contribution in [1.82, 2.24) is 5.32 Å². The smallest absolute Gasteiger partial charge is 0.0642 e. The summed E-state index contributed by atoms with van der Waals surface area (Å²) in [5, 5.41) is 7.14. The van der Waals surface area contributed by atoms with E-state index < -0.39 is 0 Å². The van der Waals surface area contributed by atoms with E-state index in [2.05, 4.69) is 39.8 Å². The number of para-hydroxylation sites is 2. The quantitative estimate of drug-likeness (QED) is 0.880. The number of hydrogen-bond donors (Lipinski definition) is 2. The van der Waals surface area contributed by atoms with Crippen LogP contribution in [0.15, 0.2) is 24.3 Å². The van der Waals surface area contributed by atoms with Gasteiger partial charge in [0, 0.05) is 19.6 Å². The maximum atomic E-state index is 5.45. The van der Waals surface area contributed by atoms with E-state index in [0.29, 0.717) is 0 Å². The lowest BCUT2D eigenvalue weighted by Crippen LogP contribution is -2.37. The summed E-state index contributed by atoms with van der Waals surface area (Å²) >= 11 is 0. The fourth-order valence-electron chi connectivity index (χ4n) is 3.06. The highest BCUT2D eigenvalue weighted by Gasteiger charge is 2.16. The molecule has 4 nitrogen and oxygen atoms in total. The van der Waals surface area contributed by atoms with Gasteiger partial charge in [-0.3, -0.25) is 0 Å². The Bertz CT molecular complexity index is 412. The zero-order valence-corrected chi connectivity index (χ0v) is 12.1. The molecule has 0 aromatic heterocycles. The van der Waals surface area contributed by atoms with Gasteiger partial charge in [-0.05, 0) is 44.0 Å². The Labute approximate surface area is 121 Å². The highest BCUT2D eigenvalue weighted by atomic mass is 16.5. The standard InChI is InChI=1S/C16H25N3O/c1-2-6-16(19-8-10-20-11-9-19)15(5-1)18-13-14-4-3-7-17-12-14/h1-2,5-6,14,17-18H,3-4,7-13H2. The monoisotopic (exact) mass is 275 g/mol. The lowest BCUT2D eigenvalue weighted by Gasteiger charge is -2.31. The molecule has 1 atom stereocenters. The molecule has 2 fully saturated rings. The van der Waals surface area contributed by atoms with Gasteiger partial charge >= 0.3 is 0 Å². The van der Waals surface area contributed by atoms with Crippen molar-refractivity contribution in [1.29, 1.82) is 0 Å². The average molecular weight is 275 g/mol. The summed E-state index contributed by atoms with van der Waals surface area (Å²) in [6.07, 6.45) is 2.64. The molecule has 1 unspecified atom stereocenters. The molecular formula is C16H25N3O. The predicted molar refractivity (Wildman–Crippen MR) is 83.6 cm³/mol. The second kappa shape index (κ2) is 6.95. The molecule has 1 aromatic carbocycles. The van der Waals surface area contributed by atoms with E-state index in [1.165, 1.54) is 30.8 Å². The molecule has 3 rings (SSSR count). The lowest BCUT2D eigenvalue weighted by molar-refractivity contribution is 0.123. The average Bonchev–Trinajstić information content (AvgIpc) is 2.55. The number of hydrogen-bond acceptors (Lipinski definition) is 4. The van der Waals surface area contributed by atoms with Gasteiger partial charge in [-0.1, -0.05) is 12.1 Å². The summed E-state index contributed by atoms with van der Waals surface area (Å²) in [4.78, 5) is 2.42. The molecule has 0 amide bonds. The third-order valence-electron chi connectivity index (χ3n) is 4.24. The van der Waals surface area contributed by atoms with Gasteiger partial charge in [0.1, 0.15) is 0 Å². The first-order chi connectivity index (χ1) is 9.93. The summed E-state index contributed by atoms with van der Waals surface area (Å²) in [6.45, 7) is 7.04. The molecule has 0 spiro atoms. The zero-order valence-electron chi connectivity index (χ0n) is 12.1. The van der Waals surface area contributed by atoms with Crippen molar-refractivity contribution < 1.29 is 4.74 Å². The largest absolute Gasteiger partial charge is 0.383 e. The van der Waals surface area contributed by atoms with E-state index in [0.717, 1.165) is 45.3 Å². The van der Waals surface area contributed by atoms with Gasteiger partial charge in [0.05, 0.1) is 24.6 Å². The first kappa shape index (κ1) is 13.7. The Morgan fingerprint density at radius 3 is 2.90 bits per heavy atom. The van der Waals surface area contributed by atoms with Crippen molar-refractivity contribution in [2.45, 2.75) is 12.8 Å². The SMILES string of the molecule is c1ccc(N2CCOCC2)c(NCC2CCCNC2)c1. The molecule has 2 N–H and O–H groups in total. The lowest BCUT2D eigenvalue weighted by atomic mass is 9.99. The van der Waals surface area contributed by atoms with E-state index in [1.807, 2.05) is 0 Å². The molecule has 0 radical (unpaired) electrons. The molecule has 2 heterocycles. The van der Waals surface area contributed by atoms with Crippen LogP contribution >= 0.6 is 0 Å². The van der Waals surface area contributed by atoms with Gasteiger partial charge in [0.15, 0.2) is 0 Å². The maximum Gasteiger partial charge on any atom is 0.0642 e. The van der Waals surface area contributed by atoms with E-state index >= 15 is 0 Å². The molecule has 0 aliphatic carbocycles. The van der Waals surface area contributed by atoms with E-state index in [1.54, 1.807) is 0 Å². The van der Waals surface area contributed by atoms with Gasteiger partial charge in [-0.2, -0.15) is 0 Å². The maximum absolute atomic E-state index is 5.45. The minimum Gasteiger partial charge on any atom is -0.383 e. The van der Waals surface area contributed by atoms with Crippen molar-refractivity contribution in [3.05, 3.63) is 24.3 Å². The second-order valence-corrected chi connectivity index (χ2v) is 5.71. The topological polar surface area (TPSA) is 36.5 Å². The van der Waals surface area contributed by atoms with Crippen LogP contribution in [0.4, 0.5) is 11.4 Å². The number of anilines is 2. The second-order valence-electron chi connectivity index (χ2n) is 5.71. The van der Waals surface area contributed by atoms with Crippen LogP contribution in [0.3, 0.4) is 0 Å². The molecule has 2 aliphatic heterocycles. The third kappa shape index (κ3) is 3.44. The molecule has 2 aliphatic rings. The highest BCUT2D eigenvalue weighted by molar-refractivity contribution is 5.70. The van der Waals surface area contributed by atoms with E-state index in [9.17, 15) is 0 Å². The Morgan fingerprint density at radius 1 is 1.25 bits per heavy atom. The number of nitrogens with one attached hydrogen (secondary N) is 2. The van der Waals surface area contributed by atoms with Crippen LogP contribution in [-0.4, -0.2) is 45.9 Å². The number of ether oxygens (including phenoxy) is 1. The molecule has 110 valence electrons. The molecule has 0 bridgehead atoms. The Balaban J connectivity index is 1.62. The Kier molecular flexibility index (Phi) is 4.77. The van der Waals surface area contributed by atoms with Crippen molar-refractivity contribution in [2.75, 3.05) is 56.2 Å². The van der Waals surface area contributed by atoms with Gasteiger partial charge < -0.3 is 20.3 Å². The number of benzene rings is 1. The Morgan fingerprint density at radius 2 is 2.10 bits per heavy atom. The molecule has 2 saturated heterocycles. The predicted octanol–water partition coefficient (Wildman–Crippen LogP) is 1.93. The van der Waals surface area contributed by atoms with Gasteiger partial charge in [0.2, 0.25) is 0 Å². The number of morpholine rings is 1. The number of rotatable bonds is 4. The first-order valence-corrected chi connectivity index (χ1v) is 7.80. The van der Waals surface area contributed by atoms with Crippen LogP contribution in [0.1, 0.15) is 12.8 Å². The Hall–Kier alpha value is -1.26. The summed E-state index contributed by atoms with van der Waals surface area (Å²) < 4.78 is 5.45. The molecular weight excluding hydrogens is 250 g/mol. The van der Waals surface area contributed by atoms with E-state index in [4.69, 9.17) is 4.74 Å². The van der Waals surface area contributed by atoms with Crippen LogP contribution in [0.5, 0.6) is 0 Å². The number of nitrogens with zero attached hydrogens (tertiary/aromatic N) is 1. The van der Waals surface area contributed by atoms with Crippen LogP contribution in [0.2, 0.25) is 0 Å². The third-order valence-corrected chi connectivity index (χ3v) is 4.24. The van der Waals surface area contributed by atoms with Gasteiger partial charge in [0.25, 0.3) is 0 Å². The van der Waals surface area contributed by atoms with E-state index in [-0.39, 0.29) is 0 Å². The summed E-state index contributed by atoms with van der Waals surface area (Å²) in [6, 6.07) is 8.65. The zero-order chi connectivity index (χ0) is 13.6. The van der Waals surface area contributed by atoms with Crippen molar-refractivity contribution in [2.24, 2.45) is 5.92 Å². The fourth-order valence-corrected chi connectivity index (χ4v) is 3.06. The van der Waals surface area contributed by atoms with Crippen molar-refractivity contribution in [3.63, 3.8) is 0 Å². The van der Waals surface area contributed by atoms with Crippen molar-refractivity contribution in [3.8, 4) is 0 Å². The molecule has 1 aromatic rings. The van der Waals surface area contributed by atoms with Gasteiger partial charge in [-0.25, -0.2) is 0 Å². The normalized spacial score (nSPS) is 23.6. The molecule has 4 heteroatoms. The minimum atomic E-state index is 0.751. The first-order valence-electron chi connectivity index (χ1n) is 7.80. The number of piperidine rings is 1. The van der Waals surface area contributed by atoms with Gasteiger partial charge in [-0.15, -0.1) is 0 Å². The summed E-state index contributed by atoms with van der Waals surface area (Å²) in [7, 11) is 0. The summed E-state index contributed by atoms with van der Waals surface area (Å²) in [5.41, 5.74) is 2.58. The van der Waals surface area contributed by atoms with Crippen LogP contribution in [0.25, 0.3) is 0 Å². The molecule has 20 heavy (non-hydrogen) atoms. The van der Waals surface area contributed by atoms with Crippen LogP contribution < -0.4 is 15.5 Å². The van der Waals surface area contributed by atoms with Crippen LogP contribution in [0, 0.1) is 5.92 Å².